The molecule has 0 aliphatic heterocycles. The van der Waals surface area contributed by atoms with Crippen LogP contribution in [-0.4, -0.2) is 19.3 Å². The SMILES string of the molecule is Cc1cc(OCc2nc3ccccc3o2)ccc1-n1c(C(F)(F)F)nn(C)c1=O. The zero-order chi connectivity index (χ0) is 20.8. The highest BCUT2D eigenvalue weighted by Crippen LogP contribution is 2.30. The number of alkyl halides is 3. The van der Waals surface area contributed by atoms with Gasteiger partial charge in [-0.2, -0.15) is 13.2 Å². The fourth-order valence-electron chi connectivity index (χ4n) is 2.96. The second kappa shape index (κ2) is 6.80. The molecular weight excluding hydrogens is 389 g/mol. The molecule has 0 N–H and O–H groups in total. The van der Waals surface area contributed by atoms with Gasteiger partial charge in [0.2, 0.25) is 11.7 Å². The molecule has 29 heavy (non-hydrogen) atoms. The third kappa shape index (κ3) is 3.48. The van der Waals surface area contributed by atoms with Gasteiger partial charge in [0.25, 0.3) is 0 Å². The molecule has 0 aliphatic rings. The molecule has 2 heterocycles. The maximum atomic E-state index is 13.3. The predicted molar refractivity (Wildman–Crippen MR) is 96.9 cm³/mol. The van der Waals surface area contributed by atoms with E-state index in [0.717, 1.165) is 0 Å². The molecule has 0 radical (unpaired) electrons. The van der Waals surface area contributed by atoms with Crippen LogP contribution in [-0.2, 0) is 19.8 Å². The van der Waals surface area contributed by atoms with Crippen LogP contribution in [0.2, 0.25) is 0 Å². The van der Waals surface area contributed by atoms with Crippen LogP contribution in [0.1, 0.15) is 17.3 Å². The van der Waals surface area contributed by atoms with Gasteiger partial charge in [-0.3, -0.25) is 0 Å². The van der Waals surface area contributed by atoms with Crippen molar-refractivity contribution in [1.29, 1.82) is 0 Å². The van der Waals surface area contributed by atoms with Crippen molar-refractivity contribution in [1.82, 2.24) is 19.3 Å². The van der Waals surface area contributed by atoms with Gasteiger partial charge in [-0.1, -0.05) is 12.1 Å². The zero-order valence-electron chi connectivity index (χ0n) is 15.4. The predicted octanol–water partition coefficient (Wildman–Crippen LogP) is 3.62. The van der Waals surface area contributed by atoms with Gasteiger partial charge in [0.1, 0.15) is 11.3 Å². The number of fused-ring (bicyclic) bond motifs is 1. The molecule has 0 atom stereocenters. The van der Waals surface area contributed by atoms with E-state index in [2.05, 4.69) is 10.1 Å². The molecule has 4 aromatic rings. The van der Waals surface area contributed by atoms with Crippen LogP contribution in [0, 0.1) is 6.92 Å². The first-order valence-corrected chi connectivity index (χ1v) is 8.55. The lowest BCUT2D eigenvalue weighted by Crippen LogP contribution is -2.24. The molecule has 0 saturated carbocycles. The first-order chi connectivity index (χ1) is 13.7. The summed E-state index contributed by atoms with van der Waals surface area (Å²) in [6.45, 7) is 1.63. The van der Waals surface area contributed by atoms with E-state index < -0.39 is 17.7 Å². The number of hydrogen-bond donors (Lipinski definition) is 0. The monoisotopic (exact) mass is 404 g/mol. The highest BCUT2D eigenvalue weighted by molar-refractivity contribution is 5.72. The average molecular weight is 404 g/mol. The number of para-hydroxylation sites is 2. The van der Waals surface area contributed by atoms with E-state index in [-0.39, 0.29) is 12.3 Å². The number of benzene rings is 2. The summed E-state index contributed by atoms with van der Waals surface area (Å²) < 4.78 is 52.2. The van der Waals surface area contributed by atoms with E-state index in [4.69, 9.17) is 9.15 Å². The Morgan fingerprint density at radius 3 is 2.62 bits per heavy atom. The summed E-state index contributed by atoms with van der Waals surface area (Å²) in [5.74, 6) is -0.511. The first kappa shape index (κ1) is 18.8. The standard InChI is InChI=1S/C19H15F3N4O3/c1-11-9-12(28-10-16-23-13-5-3-4-6-15(13)29-16)7-8-14(11)26-17(19(20,21)22)24-25(2)18(26)27/h3-9H,10H2,1-2H3. The highest BCUT2D eigenvalue weighted by atomic mass is 19.4. The van der Waals surface area contributed by atoms with E-state index in [1.54, 1.807) is 13.0 Å². The van der Waals surface area contributed by atoms with E-state index in [1.807, 2.05) is 18.2 Å². The number of aromatic nitrogens is 4. The summed E-state index contributed by atoms with van der Waals surface area (Å²) in [7, 11) is 1.17. The number of nitrogens with zero attached hydrogens (tertiary/aromatic N) is 4. The smallest absolute Gasteiger partial charge is 0.452 e. The number of halogens is 3. The van der Waals surface area contributed by atoms with E-state index >= 15 is 0 Å². The lowest BCUT2D eigenvalue weighted by Gasteiger charge is -2.12. The van der Waals surface area contributed by atoms with Gasteiger partial charge >= 0.3 is 11.9 Å². The van der Waals surface area contributed by atoms with E-state index in [0.29, 0.717) is 37.6 Å². The Hall–Kier alpha value is -3.56. The third-order valence-corrected chi connectivity index (χ3v) is 4.29. The molecule has 2 aromatic carbocycles. The molecule has 0 aliphatic carbocycles. The number of aryl methyl sites for hydroxylation is 2. The van der Waals surface area contributed by atoms with E-state index in [9.17, 15) is 18.0 Å². The van der Waals surface area contributed by atoms with Crippen molar-refractivity contribution in [2.75, 3.05) is 0 Å². The van der Waals surface area contributed by atoms with Gasteiger partial charge < -0.3 is 9.15 Å². The van der Waals surface area contributed by atoms with Crippen LogP contribution in [0.15, 0.2) is 51.7 Å². The molecule has 7 nitrogen and oxygen atoms in total. The van der Waals surface area contributed by atoms with Crippen molar-refractivity contribution in [3.05, 3.63) is 70.2 Å². The van der Waals surface area contributed by atoms with Gasteiger partial charge in [-0.05, 0) is 42.8 Å². The minimum Gasteiger partial charge on any atom is -0.484 e. The fraction of sp³-hybridized carbons (Fsp3) is 0.211. The number of oxazole rings is 1. The van der Waals surface area contributed by atoms with Crippen molar-refractivity contribution in [3.8, 4) is 11.4 Å². The Balaban J connectivity index is 1.61. The summed E-state index contributed by atoms with van der Waals surface area (Å²) in [5.41, 5.74) is 0.937. The molecule has 0 unspecified atom stereocenters. The van der Waals surface area contributed by atoms with Crippen LogP contribution < -0.4 is 10.4 Å². The molecule has 0 amide bonds. The van der Waals surface area contributed by atoms with Gasteiger partial charge in [-0.25, -0.2) is 19.0 Å². The van der Waals surface area contributed by atoms with Gasteiger partial charge in [-0.15, -0.1) is 5.10 Å². The topological polar surface area (TPSA) is 75.1 Å². The van der Waals surface area contributed by atoms with Gasteiger partial charge in [0, 0.05) is 7.05 Å². The van der Waals surface area contributed by atoms with Crippen LogP contribution in [0.5, 0.6) is 5.75 Å². The quantitative estimate of drug-likeness (QED) is 0.519. The van der Waals surface area contributed by atoms with Crippen molar-refractivity contribution >= 4 is 11.1 Å². The molecular formula is C19H15F3N4O3. The lowest BCUT2D eigenvalue weighted by molar-refractivity contribution is -0.146. The minimum atomic E-state index is -4.77. The molecule has 0 spiro atoms. The molecule has 0 saturated heterocycles. The number of ether oxygens (including phenoxy) is 1. The van der Waals surface area contributed by atoms with Crippen LogP contribution in [0.25, 0.3) is 16.8 Å². The van der Waals surface area contributed by atoms with Crippen LogP contribution >= 0.6 is 0 Å². The molecule has 150 valence electrons. The third-order valence-electron chi connectivity index (χ3n) is 4.29. The Morgan fingerprint density at radius 1 is 1.17 bits per heavy atom. The van der Waals surface area contributed by atoms with Crippen molar-refractivity contribution < 1.29 is 22.3 Å². The van der Waals surface area contributed by atoms with E-state index in [1.165, 1.54) is 25.2 Å². The lowest BCUT2D eigenvalue weighted by atomic mass is 10.2. The number of hydrogen-bond acceptors (Lipinski definition) is 5. The molecule has 0 fully saturated rings. The molecule has 4 rings (SSSR count). The maximum absolute atomic E-state index is 13.3. The van der Waals surface area contributed by atoms with Gasteiger partial charge in [0.15, 0.2) is 12.2 Å². The Labute approximate surface area is 162 Å². The Bertz CT molecular complexity index is 1220. The summed E-state index contributed by atoms with van der Waals surface area (Å²) in [4.78, 5) is 16.5. The largest absolute Gasteiger partial charge is 0.484 e. The van der Waals surface area contributed by atoms with Crippen molar-refractivity contribution in [2.24, 2.45) is 7.05 Å². The number of rotatable bonds is 4. The minimum absolute atomic E-state index is 0.0497. The average Bonchev–Trinajstić information content (AvgIpc) is 3.21. The summed E-state index contributed by atoms with van der Waals surface area (Å²) in [6, 6.07) is 11.7. The van der Waals surface area contributed by atoms with Crippen molar-refractivity contribution in [3.63, 3.8) is 0 Å². The normalized spacial score (nSPS) is 11.9. The molecule has 10 heteroatoms. The van der Waals surface area contributed by atoms with Gasteiger partial charge in [0.05, 0.1) is 5.69 Å². The van der Waals surface area contributed by atoms with Crippen LogP contribution in [0.3, 0.4) is 0 Å². The Kier molecular flexibility index (Phi) is 4.40. The summed E-state index contributed by atoms with van der Waals surface area (Å²) in [6.07, 6.45) is -4.77. The molecule has 2 aromatic heterocycles. The summed E-state index contributed by atoms with van der Waals surface area (Å²) >= 11 is 0. The van der Waals surface area contributed by atoms with Crippen molar-refractivity contribution in [2.45, 2.75) is 19.7 Å². The zero-order valence-corrected chi connectivity index (χ0v) is 15.4. The fourth-order valence-corrected chi connectivity index (χ4v) is 2.96. The maximum Gasteiger partial charge on any atom is 0.452 e. The Morgan fingerprint density at radius 2 is 1.93 bits per heavy atom. The second-order valence-corrected chi connectivity index (χ2v) is 6.38. The highest BCUT2D eigenvalue weighted by Gasteiger charge is 2.39. The van der Waals surface area contributed by atoms with Crippen LogP contribution in [0.4, 0.5) is 13.2 Å². The summed E-state index contributed by atoms with van der Waals surface area (Å²) in [5, 5.41) is 3.31. The molecule has 0 bridgehead atoms. The second-order valence-electron chi connectivity index (χ2n) is 6.38. The first-order valence-electron chi connectivity index (χ1n) is 8.55.